The lowest BCUT2D eigenvalue weighted by Crippen LogP contribution is -2.39. The number of nitrogens with one attached hydrogen (secondary N) is 1. The van der Waals surface area contributed by atoms with Gasteiger partial charge < -0.3 is 10.4 Å². The molecule has 1 fully saturated rings. The number of aromatic nitrogens is 1. The summed E-state index contributed by atoms with van der Waals surface area (Å²) in [5, 5.41) is 12.4. The van der Waals surface area contributed by atoms with Crippen LogP contribution in [0.25, 0.3) is 11.1 Å². The van der Waals surface area contributed by atoms with Gasteiger partial charge >= 0.3 is 5.97 Å². The van der Waals surface area contributed by atoms with Gasteiger partial charge in [0.05, 0.1) is 11.5 Å². The predicted octanol–water partition coefficient (Wildman–Crippen LogP) is 5.39. The third-order valence-electron chi connectivity index (χ3n) is 6.35. The molecule has 1 aromatic carbocycles. The van der Waals surface area contributed by atoms with Crippen molar-refractivity contribution >= 4 is 23.2 Å². The zero-order valence-electron chi connectivity index (χ0n) is 18.4. The highest BCUT2D eigenvalue weighted by molar-refractivity contribution is 7.12. The summed E-state index contributed by atoms with van der Waals surface area (Å²) >= 11 is 1.66. The van der Waals surface area contributed by atoms with Crippen molar-refractivity contribution in [2.45, 2.75) is 52.0 Å². The molecule has 1 aliphatic carbocycles. The number of hydrogen-bond donors (Lipinski definition) is 2. The number of aliphatic carboxylic acids is 1. The molecule has 0 atom stereocenters. The highest BCUT2D eigenvalue weighted by Crippen LogP contribution is 2.31. The molecule has 0 bridgehead atoms. The minimum atomic E-state index is -0.726. The second kappa shape index (κ2) is 9.65. The lowest BCUT2D eigenvalue weighted by Gasteiger charge is -2.27. The second-order valence-corrected chi connectivity index (χ2v) is 9.97. The van der Waals surface area contributed by atoms with Crippen LogP contribution < -0.4 is 5.32 Å². The number of pyridine rings is 1. The maximum atomic E-state index is 13.2. The fourth-order valence-electron chi connectivity index (χ4n) is 4.54. The number of thiophene rings is 1. The van der Waals surface area contributed by atoms with Crippen LogP contribution in [0.1, 0.15) is 56.9 Å². The SMILES string of the molecule is Cc1sc(C)c(C(=O)NC2CCC(C(=O)O)CC2)c1Cc1ccc(-c2cccnc2)cc1. The van der Waals surface area contributed by atoms with E-state index in [-0.39, 0.29) is 17.9 Å². The van der Waals surface area contributed by atoms with Crippen molar-refractivity contribution < 1.29 is 14.7 Å². The fraction of sp³-hybridized carbons (Fsp3) is 0.346. The summed E-state index contributed by atoms with van der Waals surface area (Å²) in [6.07, 6.45) is 7.01. The van der Waals surface area contributed by atoms with Crippen LogP contribution in [0.2, 0.25) is 0 Å². The van der Waals surface area contributed by atoms with E-state index in [9.17, 15) is 14.7 Å². The number of amides is 1. The smallest absolute Gasteiger partial charge is 0.306 e. The molecule has 166 valence electrons. The van der Waals surface area contributed by atoms with Crippen LogP contribution in [0.15, 0.2) is 48.8 Å². The van der Waals surface area contributed by atoms with E-state index in [2.05, 4.69) is 41.5 Å². The Morgan fingerprint density at radius 1 is 1.03 bits per heavy atom. The second-order valence-electron chi connectivity index (χ2n) is 8.54. The van der Waals surface area contributed by atoms with Gasteiger partial charge in [0.1, 0.15) is 0 Å². The molecule has 1 amide bonds. The first kappa shape index (κ1) is 22.2. The van der Waals surface area contributed by atoms with E-state index in [0.717, 1.165) is 45.5 Å². The van der Waals surface area contributed by atoms with Gasteiger partial charge in [0.25, 0.3) is 5.91 Å². The number of carboxylic acids is 1. The minimum Gasteiger partial charge on any atom is -0.481 e. The molecule has 2 N–H and O–H groups in total. The molecule has 6 heteroatoms. The van der Waals surface area contributed by atoms with Crippen LogP contribution in [-0.4, -0.2) is 28.0 Å². The van der Waals surface area contributed by atoms with Gasteiger partial charge in [-0.05, 0) is 74.3 Å². The molecule has 0 saturated heterocycles. The number of carboxylic acid groups (broad SMARTS) is 1. The van der Waals surface area contributed by atoms with Crippen molar-refractivity contribution in [3.8, 4) is 11.1 Å². The van der Waals surface area contributed by atoms with Crippen molar-refractivity contribution in [2.75, 3.05) is 0 Å². The Hall–Kier alpha value is -2.99. The maximum absolute atomic E-state index is 13.2. The summed E-state index contributed by atoms with van der Waals surface area (Å²) < 4.78 is 0. The summed E-state index contributed by atoms with van der Waals surface area (Å²) in [5.74, 6) is -1.04. The molecule has 4 rings (SSSR count). The summed E-state index contributed by atoms with van der Waals surface area (Å²) in [6.45, 7) is 4.08. The lowest BCUT2D eigenvalue weighted by molar-refractivity contribution is -0.142. The van der Waals surface area contributed by atoms with Crippen molar-refractivity contribution in [3.05, 3.63) is 75.2 Å². The van der Waals surface area contributed by atoms with Gasteiger partial charge in [-0.1, -0.05) is 30.3 Å². The predicted molar refractivity (Wildman–Crippen MR) is 127 cm³/mol. The van der Waals surface area contributed by atoms with Crippen molar-refractivity contribution in [1.82, 2.24) is 10.3 Å². The van der Waals surface area contributed by atoms with Gasteiger partial charge in [0.2, 0.25) is 0 Å². The number of nitrogens with zero attached hydrogens (tertiary/aromatic N) is 1. The molecule has 3 aromatic rings. The molecule has 2 aromatic heterocycles. The van der Waals surface area contributed by atoms with Crippen molar-refractivity contribution in [1.29, 1.82) is 0 Å². The van der Waals surface area contributed by atoms with Crippen LogP contribution >= 0.6 is 11.3 Å². The monoisotopic (exact) mass is 448 g/mol. The molecule has 0 radical (unpaired) electrons. The standard InChI is InChI=1S/C26H28N2O3S/c1-16-23(14-18-5-7-19(8-6-18)21-4-3-13-27-15-21)24(17(2)32-16)25(29)28-22-11-9-20(10-12-22)26(30)31/h3-8,13,15,20,22H,9-12,14H2,1-2H3,(H,28,29)(H,30,31). The third-order valence-corrected chi connectivity index (χ3v) is 7.42. The Morgan fingerprint density at radius 3 is 2.38 bits per heavy atom. The first-order valence-electron chi connectivity index (χ1n) is 11.0. The largest absolute Gasteiger partial charge is 0.481 e. The summed E-state index contributed by atoms with van der Waals surface area (Å²) in [7, 11) is 0. The third kappa shape index (κ3) is 4.91. The Bertz CT molecular complexity index is 1100. The number of rotatable bonds is 6. The van der Waals surface area contributed by atoms with Crippen molar-refractivity contribution in [3.63, 3.8) is 0 Å². The highest BCUT2D eigenvalue weighted by Gasteiger charge is 2.28. The molecular weight excluding hydrogens is 420 g/mol. The van der Waals surface area contributed by atoms with E-state index in [4.69, 9.17) is 0 Å². The van der Waals surface area contributed by atoms with Crippen LogP contribution in [-0.2, 0) is 11.2 Å². The number of carbonyl (C=O) groups excluding carboxylic acids is 1. The zero-order chi connectivity index (χ0) is 22.7. The molecule has 1 saturated carbocycles. The molecule has 0 aliphatic heterocycles. The first-order chi connectivity index (χ1) is 15.4. The van der Waals surface area contributed by atoms with E-state index in [1.807, 2.05) is 25.3 Å². The van der Waals surface area contributed by atoms with Gasteiger partial charge in [-0.3, -0.25) is 14.6 Å². The van der Waals surface area contributed by atoms with Crippen LogP contribution in [0.5, 0.6) is 0 Å². The quantitative estimate of drug-likeness (QED) is 0.530. The van der Waals surface area contributed by atoms with Gasteiger partial charge in [-0.25, -0.2) is 0 Å². The number of carbonyl (C=O) groups is 2. The Morgan fingerprint density at radius 2 is 1.75 bits per heavy atom. The summed E-state index contributed by atoms with van der Waals surface area (Å²) in [5.41, 5.74) is 5.23. The van der Waals surface area contributed by atoms with E-state index >= 15 is 0 Å². The lowest BCUT2D eigenvalue weighted by atomic mass is 9.86. The normalized spacial score (nSPS) is 18.3. The van der Waals surface area contributed by atoms with E-state index in [1.54, 1.807) is 17.5 Å². The maximum Gasteiger partial charge on any atom is 0.306 e. The molecule has 0 unspecified atom stereocenters. The van der Waals surface area contributed by atoms with Gasteiger partial charge in [-0.2, -0.15) is 0 Å². The molecule has 5 nitrogen and oxygen atoms in total. The molecule has 2 heterocycles. The minimum absolute atomic E-state index is 0.0346. The topological polar surface area (TPSA) is 79.3 Å². The average molecular weight is 449 g/mol. The van der Waals surface area contributed by atoms with E-state index in [1.165, 1.54) is 4.88 Å². The van der Waals surface area contributed by atoms with E-state index < -0.39 is 5.97 Å². The number of aryl methyl sites for hydroxylation is 2. The van der Waals surface area contributed by atoms with Crippen LogP contribution in [0.4, 0.5) is 0 Å². The Kier molecular flexibility index (Phi) is 6.70. The average Bonchev–Trinajstić information content (AvgIpc) is 3.08. The zero-order valence-corrected chi connectivity index (χ0v) is 19.2. The van der Waals surface area contributed by atoms with Gasteiger partial charge in [0, 0.05) is 28.2 Å². The van der Waals surface area contributed by atoms with E-state index in [0.29, 0.717) is 19.3 Å². The summed E-state index contributed by atoms with van der Waals surface area (Å²) in [4.78, 5) is 30.7. The Balaban J connectivity index is 1.47. The van der Waals surface area contributed by atoms with Gasteiger partial charge in [0.15, 0.2) is 0 Å². The molecule has 32 heavy (non-hydrogen) atoms. The molecule has 0 spiro atoms. The Labute approximate surface area is 192 Å². The summed E-state index contributed by atoms with van der Waals surface area (Å²) in [6, 6.07) is 12.4. The number of hydrogen-bond acceptors (Lipinski definition) is 4. The van der Waals surface area contributed by atoms with Crippen LogP contribution in [0, 0.1) is 19.8 Å². The first-order valence-corrected chi connectivity index (χ1v) is 11.9. The fourth-order valence-corrected chi connectivity index (χ4v) is 5.61. The number of benzene rings is 1. The van der Waals surface area contributed by atoms with Crippen molar-refractivity contribution in [2.24, 2.45) is 5.92 Å². The van der Waals surface area contributed by atoms with Crippen LogP contribution in [0.3, 0.4) is 0 Å². The highest BCUT2D eigenvalue weighted by atomic mass is 32.1. The van der Waals surface area contributed by atoms with Gasteiger partial charge in [-0.15, -0.1) is 11.3 Å². The molecule has 1 aliphatic rings. The molecular formula is C26H28N2O3S.